The van der Waals surface area contributed by atoms with Crippen LogP contribution in [0.25, 0.3) is 0 Å². The quantitative estimate of drug-likeness (QED) is 0.323. The first-order chi connectivity index (χ1) is 7.40. The van der Waals surface area contributed by atoms with Crippen LogP contribution in [-0.4, -0.2) is 47.2 Å². The smallest absolute Gasteiger partial charge is 0.451 e. The lowest BCUT2D eigenvalue weighted by atomic mass is 9.81. The van der Waals surface area contributed by atoms with Gasteiger partial charge in [0, 0.05) is 7.05 Å². The highest BCUT2D eigenvalue weighted by atomic mass is 16.4. The van der Waals surface area contributed by atoms with Gasteiger partial charge in [-0.3, -0.25) is 9.59 Å². The number of nitrogens with one attached hydrogen (secondary N) is 1. The largest absolute Gasteiger partial charge is 0.480 e. The molecule has 0 aliphatic carbocycles. The normalized spacial score (nSPS) is 14.0. The van der Waals surface area contributed by atoms with E-state index in [1.807, 2.05) is 0 Å². The van der Waals surface area contributed by atoms with E-state index in [2.05, 4.69) is 5.32 Å². The Morgan fingerprint density at radius 2 is 2.00 bits per heavy atom. The zero-order valence-corrected chi connectivity index (χ0v) is 9.09. The first-order valence-corrected chi connectivity index (χ1v) is 4.96. The number of rotatable bonds is 7. The van der Waals surface area contributed by atoms with Crippen LogP contribution in [0.15, 0.2) is 0 Å². The highest BCUT2D eigenvalue weighted by molar-refractivity contribution is 6.40. The summed E-state index contributed by atoms with van der Waals surface area (Å²) in [6.45, 7) is 0. The van der Waals surface area contributed by atoms with Gasteiger partial charge in [-0.15, -0.1) is 0 Å². The summed E-state index contributed by atoms with van der Waals surface area (Å²) in [4.78, 5) is 22.0. The maximum atomic E-state index is 11.4. The standard InChI is InChI=1S/C8H17BN2O5/c1-11-7(12)5(6(10)8(13)14)3-2-4-9(15)16/h5-6,15-16H,2-4,10H2,1H3,(H,11,12)(H,13,14)/t5-,6-/m0/s1. The Morgan fingerprint density at radius 1 is 1.44 bits per heavy atom. The fraction of sp³-hybridized carbons (Fsp3) is 0.750. The highest BCUT2D eigenvalue weighted by Gasteiger charge is 2.29. The van der Waals surface area contributed by atoms with E-state index in [1.54, 1.807) is 0 Å². The van der Waals surface area contributed by atoms with E-state index in [0.717, 1.165) is 0 Å². The van der Waals surface area contributed by atoms with Crippen LogP contribution < -0.4 is 11.1 Å². The number of carbonyl (C=O) groups excluding carboxylic acids is 1. The lowest BCUT2D eigenvalue weighted by Gasteiger charge is -2.18. The molecular formula is C8H17BN2O5. The minimum absolute atomic E-state index is 0.0832. The van der Waals surface area contributed by atoms with Gasteiger partial charge < -0.3 is 26.2 Å². The Kier molecular flexibility index (Phi) is 6.70. The van der Waals surface area contributed by atoms with Crippen molar-refractivity contribution in [3.05, 3.63) is 0 Å². The van der Waals surface area contributed by atoms with Crippen molar-refractivity contribution < 1.29 is 24.7 Å². The highest BCUT2D eigenvalue weighted by Crippen LogP contribution is 2.13. The molecule has 0 aromatic heterocycles. The zero-order chi connectivity index (χ0) is 12.7. The number of carboxylic acids is 1. The second-order valence-electron chi connectivity index (χ2n) is 3.50. The second-order valence-corrected chi connectivity index (χ2v) is 3.50. The molecule has 1 amide bonds. The first kappa shape index (κ1) is 14.9. The van der Waals surface area contributed by atoms with E-state index in [4.69, 9.17) is 20.9 Å². The molecule has 0 saturated carbocycles. The van der Waals surface area contributed by atoms with Crippen LogP contribution in [-0.2, 0) is 9.59 Å². The summed E-state index contributed by atoms with van der Waals surface area (Å²) >= 11 is 0. The van der Waals surface area contributed by atoms with Crippen molar-refractivity contribution >= 4 is 19.0 Å². The Balaban J connectivity index is 4.32. The van der Waals surface area contributed by atoms with Crippen LogP contribution in [0.1, 0.15) is 12.8 Å². The van der Waals surface area contributed by atoms with Crippen molar-refractivity contribution in [3.8, 4) is 0 Å². The average Bonchev–Trinajstić information content (AvgIpc) is 2.22. The molecule has 0 unspecified atom stereocenters. The molecule has 0 aliphatic rings. The number of hydrogen-bond acceptors (Lipinski definition) is 5. The van der Waals surface area contributed by atoms with E-state index in [9.17, 15) is 9.59 Å². The molecule has 2 atom stereocenters. The summed E-state index contributed by atoms with van der Waals surface area (Å²) < 4.78 is 0. The lowest BCUT2D eigenvalue weighted by Crippen LogP contribution is -2.45. The van der Waals surface area contributed by atoms with Crippen molar-refractivity contribution in [1.82, 2.24) is 5.32 Å². The van der Waals surface area contributed by atoms with Gasteiger partial charge >= 0.3 is 13.1 Å². The SMILES string of the molecule is CNC(=O)[C@@H](CCCB(O)O)[C@H](N)C(=O)O. The average molecular weight is 232 g/mol. The molecular weight excluding hydrogens is 215 g/mol. The predicted octanol–water partition coefficient (Wildman–Crippen LogP) is -1.99. The fourth-order valence-electron chi connectivity index (χ4n) is 1.35. The van der Waals surface area contributed by atoms with E-state index < -0.39 is 31.0 Å². The minimum Gasteiger partial charge on any atom is -0.480 e. The third kappa shape index (κ3) is 5.10. The maximum Gasteiger partial charge on any atom is 0.451 e. The van der Waals surface area contributed by atoms with Crippen LogP contribution in [0.3, 0.4) is 0 Å². The van der Waals surface area contributed by atoms with Crippen molar-refractivity contribution in [3.63, 3.8) is 0 Å². The Bertz CT molecular complexity index is 249. The molecule has 0 spiro atoms. The van der Waals surface area contributed by atoms with Crippen LogP contribution in [0.2, 0.25) is 6.32 Å². The molecule has 0 saturated heterocycles. The Labute approximate surface area is 93.8 Å². The molecule has 0 heterocycles. The molecule has 0 bridgehead atoms. The molecule has 92 valence electrons. The third-order valence-electron chi connectivity index (χ3n) is 2.28. The Morgan fingerprint density at radius 3 is 2.38 bits per heavy atom. The number of carbonyl (C=O) groups is 2. The van der Waals surface area contributed by atoms with E-state index in [0.29, 0.717) is 6.42 Å². The van der Waals surface area contributed by atoms with Crippen molar-refractivity contribution in [2.75, 3.05) is 7.05 Å². The van der Waals surface area contributed by atoms with Gasteiger partial charge in [0.1, 0.15) is 6.04 Å². The molecule has 0 rings (SSSR count). The van der Waals surface area contributed by atoms with Crippen LogP contribution in [0, 0.1) is 5.92 Å². The molecule has 0 radical (unpaired) electrons. The lowest BCUT2D eigenvalue weighted by molar-refractivity contribution is -0.143. The molecule has 8 heteroatoms. The van der Waals surface area contributed by atoms with Gasteiger partial charge in [0.15, 0.2) is 0 Å². The molecule has 0 fully saturated rings. The van der Waals surface area contributed by atoms with Crippen LogP contribution in [0.4, 0.5) is 0 Å². The van der Waals surface area contributed by atoms with Crippen molar-refractivity contribution in [2.24, 2.45) is 11.7 Å². The van der Waals surface area contributed by atoms with Crippen molar-refractivity contribution in [1.29, 1.82) is 0 Å². The summed E-state index contributed by atoms with van der Waals surface area (Å²) in [5, 5.41) is 28.3. The van der Waals surface area contributed by atoms with Crippen LogP contribution in [0.5, 0.6) is 0 Å². The summed E-state index contributed by atoms with van der Waals surface area (Å²) in [5.74, 6) is -2.57. The van der Waals surface area contributed by atoms with Gasteiger partial charge in [-0.1, -0.05) is 6.42 Å². The summed E-state index contributed by atoms with van der Waals surface area (Å²) in [5.41, 5.74) is 5.37. The molecule has 0 aromatic rings. The topological polar surface area (TPSA) is 133 Å². The molecule has 6 N–H and O–H groups in total. The molecule has 7 nitrogen and oxygen atoms in total. The van der Waals surface area contributed by atoms with Crippen molar-refractivity contribution in [2.45, 2.75) is 25.2 Å². The van der Waals surface area contributed by atoms with Gasteiger partial charge in [0.2, 0.25) is 5.91 Å². The van der Waals surface area contributed by atoms with Gasteiger partial charge in [-0.05, 0) is 12.7 Å². The second kappa shape index (κ2) is 7.21. The Hall–Kier alpha value is -1.12. The number of hydrogen-bond donors (Lipinski definition) is 5. The zero-order valence-electron chi connectivity index (χ0n) is 9.09. The number of amides is 1. The van der Waals surface area contributed by atoms with Gasteiger partial charge in [0.05, 0.1) is 5.92 Å². The van der Waals surface area contributed by atoms with Gasteiger partial charge in [-0.25, -0.2) is 0 Å². The number of carboxylic acid groups (broad SMARTS) is 1. The number of nitrogens with two attached hydrogens (primary N) is 1. The van der Waals surface area contributed by atoms with Gasteiger partial charge in [0.25, 0.3) is 0 Å². The molecule has 16 heavy (non-hydrogen) atoms. The molecule has 0 aromatic carbocycles. The maximum absolute atomic E-state index is 11.4. The summed E-state index contributed by atoms with van der Waals surface area (Å²) in [6, 6.07) is -1.28. The van der Waals surface area contributed by atoms with E-state index >= 15 is 0 Å². The van der Waals surface area contributed by atoms with Gasteiger partial charge in [-0.2, -0.15) is 0 Å². The van der Waals surface area contributed by atoms with E-state index in [1.165, 1.54) is 7.05 Å². The van der Waals surface area contributed by atoms with E-state index in [-0.39, 0.29) is 12.7 Å². The molecule has 0 aliphatic heterocycles. The number of aliphatic carboxylic acids is 1. The van der Waals surface area contributed by atoms with Crippen LogP contribution >= 0.6 is 0 Å². The fourth-order valence-corrected chi connectivity index (χ4v) is 1.35. The monoisotopic (exact) mass is 232 g/mol. The predicted molar refractivity (Wildman–Crippen MR) is 57.4 cm³/mol. The first-order valence-electron chi connectivity index (χ1n) is 4.96. The summed E-state index contributed by atoms with van der Waals surface area (Å²) in [6.07, 6.45) is 0.599. The summed E-state index contributed by atoms with van der Waals surface area (Å²) in [7, 11) is -0.0588. The minimum atomic E-state index is -1.45. The third-order valence-corrected chi connectivity index (χ3v) is 2.28.